The highest BCUT2D eigenvalue weighted by atomic mass is 32.1. The highest BCUT2D eigenvalue weighted by molar-refractivity contribution is 7.10. The number of aliphatic hydroxyl groups is 1. The largest absolute Gasteiger partial charge is 0.396 e. The molecule has 19 heavy (non-hydrogen) atoms. The predicted octanol–water partition coefficient (Wildman–Crippen LogP) is 3.05. The van der Waals surface area contributed by atoms with Crippen LogP contribution in [0.2, 0.25) is 0 Å². The van der Waals surface area contributed by atoms with E-state index in [2.05, 4.69) is 53.7 Å². The van der Waals surface area contributed by atoms with E-state index in [1.807, 2.05) is 0 Å². The summed E-state index contributed by atoms with van der Waals surface area (Å²) in [5.41, 5.74) is 2.81. The maximum absolute atomic E-state index is 9.85. The van der Waals surface area contributed by atoms with Crippen molar-refractivity contribution in [1.29, 1.82) is 0 Å². The lowest BCUT2D eigenvalue weighted by Crippen LogP contribution is -2.34. The summed E-state index contributed by atoms with van der Waals surface area (Å²) in [6.45, 7) is 2.24. The van der Waals surface area contributed by atoms with Crippen LogP contribution >= 0.6 is 11.3 Å². The Bertz CT molecular complexity index is 537. The van der Waals surface area contributed by atoms with Crippen LogP contribution in [0.4, 0.5) is 0 Å². The van der Waals surface area contributed by atoms with Crippen molar-refractivity contribution in [1.82, 2.24) is 4.90 Å². The Hall–Kier alpha value is -1.16. The van der Waals surface area contributed by atoms with Crippen LogP contribution in [-0.4, -0.2) is 30.2 Å². The van der Waals surface area contributed by atoms with E-state index in [0.29, 0.717) is 5.92 Å². The van der Waals surface area contributed by atoms with Crippen molar-refractivity contribution in [3.8, 4) is 0 Å². The lowest BCUT2D eigenvalue weighted by molar-refractivity contribution is 0.207. The van der Waals surface area contributed by atoms with E-state index in [0.717, 1.165) is 13.1 Å². The summed E-state index contributed by atoms with van der Waals surface area (Å²) in [6, 6.07) is 12.9. The van der Waals surface area contributed by atoms with Crippen LogP contribution in [0.1, 0.15) is 27.8 Å². The molecular weight excluding hydrogens is 254 g/mol. The molecule has 2 heterocycles. The van der Waals surface area contributed by atoms with Gasteiger partial charge in [0.25, 0.3) is 0 Å². The fourth-order valence-electron chi connectivity index (χ4n) is 3.09. The van der Waals surface area contributed by atoms with Crippen LogP contribution in [0, 0.1) is 0 Å². The summed E-state index contributed by atoms with van der Waals surface area (Å²) in [5.74, 6) is 0.600. The maximum atomic E-state index is 9.85. The zero-order chi connectivity index (χ0) is 13.2. The normalized spacial score (nSPS) is 21.1. The van der Waals surface area contributed by atoms with E-state index in [-0.39, 0.29) is 12.5 Å². The molecule has 0 radical (unpaired) electrons. The van der Waals surface area contributed by atoms with Crippen molar-refractivity contribution in [3.05, 3.63) is 57.8 Å². The van der Waals surface area contributed by atoms with Gasteiger partial charge in [0.15, 0.2) is 0 Å². The van der Waals surface area contributed by atoms with E-state index in [9.17, 15) is 5.11 Å². The quantitative estimate of drug-likeness (QED) is 0.929. The van der Waals surface area contributed by atoms with Gasteiger partial charge in [0.1, 0.15) is 0 Å². The third-order valence-corrected chi connectivity index (χ3v) is 5.00. The van der Waals surface area contributed by atoms with Crippen molar-refractivity contribution in [2.45, 2.75) is 18.4 Å². The number of thiophene rings is 1. The molecule has 1 aromatic heterocycles. The van der Waals surface area contributed by atoms with Gasteiger partial charge in [0.05, 0.1) is 6.61 Å². The predicted molar refractivity (Wildman–Crippen MR) is 79.7 cm³/mol. The molecule has 1 aliphatic heterocycles. The first-order valence-electron chi connectivity index (χ1n) is 6.70. The molecule has 1 N–H and O–H groups in total. The van der Waals surface area contributed by atoms with Gasteiger partial charge < -0.3 is 10.0 Å². The van der Waals surface area contributed by atoms with Crippen LogP contribution in [0.15, 0.2) is 41.8 Å². The third-order valence-electron chi connectivity index (χ3n) is 3.99. The number of nitrogens with zero attached hydrogens (tertiary/aromatic N) is 1. The molecule has 1 aromatic carbocycles. The molecule has 2 nitrogen and oxygen atoms in total. The Morgan fingerprint density at radius 1 is 1.32 bits per heavy atom. The highest BCUT2D eigenvalue weighted by Crippen LogP contribution is 2.39. The van der Waals surface area contributed by atoms with Crippen molar-refractivity contribution in [2.24, 2.45) is 0 Å². The second kappa shape index (κ2) is 5.45. The average Bonchev–Trinajstić information content (AvgIpc) is 2.93. The molecule has 2 unspecified atom stereocenters. The lowest BCUT2D eigenvalue weighted by Gasteiger charge is -2.36. The van der Waals surface area contributed by atoms with Crippen LogP contribution in [0.25, 0.3) is 0 Å². The molecule has 0 amide bonds. The molecule has 0 saturated heterocycles. The number of fused-ring (bicyclic) bond motifs is 1. The molecule has 0 saturated carbocycles. The van der Waals surface area contributed by atoms with Crippen LogP contribution in [-0.2, 0) is 6.54 Å². The van der Waals surface area contributed by atoms with Crippen LogP contribution in [0.5, 0.6) is 0 Å². The first-order chi connectivity index (χ1) is 9.29. The molecule has 0 bridgehead atoms. The van der Waals surface area contributed by atoms with Gasteiger partial charge in [-0.05, 0) is 29.6 Å². The molecule has 3 rings (SSSR count). The molecular formula is C16H19NOS. The first kappa shape index (κ1) is 12.9. The van der Waals surface area contributed by atoms with E-state index >= 15 is 0 Å². The zero-order valence-electron chi connectivity index (χ0n) is 11.1. The van der Waals surface area contributed by atoms with Gasteiger partial charge in [-0.25, -0.2) is 0 Å². The number of hydrogen-bond donors (Lipinski definition) is 1. The van der Waals surface area contributed by atoms with Gasteiger partial charge in [0.2, 0.25) is 0 Å². The summed E-state index contributed by atoms with van der Waals surface area (Å²) < 4.78 is 0. The summed E-state index contributed by atoms with van der Waals surface area (Å²) in [4.78, 5) is 3.64. The SMILES string of the molecule is CN1Cc2ccccc2C(C(CO)c2cccs2)C1. The van der Waals surface area contributed by atoms with E-state index in [1.165, 1.54) is 16.0 Å². The molecule has 0 fully saturated rings. The standard InChI is InChI=1S/C16H19NOS/c1-17-9-12-5-2-3-6-13(12)14(10-17)15(11-18)16-7-4-8-19-16/h2-8,14-15,18H,9-11H2,1H3. The average molecular weight is 273 g/mol. The Kier molecular flexibility index (Phi) is 3.69. The van der Waals surface area contributed by atoms with Crippen LogP contribution < -0.4 is 0 Å². The van der Waals surface area contributed by atoms with Gasteiger partial charge in [-0.2, -0.15) is 0 Å². The number of benzene rings is 1. The summed E-state index contributed by atoms with van der Waals surface area (Å²) in [6.07, 6.45) is 0. The minimum atomic E-state index is 0.212. The number of hydrogen-bond acceptors (Lipinski definition) is 3. The second-order valence-electron chi connectivity index (χ2n) is 5.31. The number of aliphatic hydroxyl groups excluding tert-OH is 1. The molecule has 1 aliphatic rings. The fraction of sp³-hybridized carbons (Fsp3) is 0.375. The number of likely N-dealkylation sites (N-methyl/N-ethyl adjacent to an activating group) is 1. The Morgan fingerprint density at radius 2 is 2.16 bits per heavy atom. The maximum Gasteiger partial charge on any atom is 0.0514 e. The Labute approximate surface area is 118 Å². The Balaban J connectivity index is 2.00. The van der Waals surface area contributed by atoms with Crippen molar-refractivity contribution in [3.63, 3.8) is 0 Å². The topological polar surface area (TPSA) is 23.5 Å². The molecule has 2 aromatic rings. The zero-order valence-corrected chi connectivity index (χ0v) is 11.9. The van der Waals surface area contributed by atoms with Gasteiger partial charge in [-0.3, -0.25) is 0 Å². The second-order valence-corrected chi connectivity index (χ2v) is 6.29. The van der Waals surface area contributed by atoms with Crippen molar-refractivity contribution >= 4 is 11.3 Å². The summed E-state index contributed by atoms with van der Waals surface area (Å²) >= 11 is 1.75. The molecule has 2 atom stereocenters. The first-order valence-corrected chi connectivity index (χ1v) is 7.58. The molecule has 3 heteroatoms. The van der Waals surface area contributed by atoms with E-state index in [1.54, 1.807) is 11.3 Å². The summed E-state index contributed by atoms with van der Waals surface area (Å²) in [7, 11) is 2.16. The van der Waals surface area contributed by atoms with Gasteiger partial charge in [-0.1, -0.05) is 30.3 Å². The van der Waals surface area contributed by atoms with Gasteiger partial charge in [0, 0.05) is 29.8 Å². The smallest absolute Gasteiger partial charge is 0.0514 e. The van der Waals surface area contributed by atoms with Crippen LogP contribution in [0.3, 0.4) is 0 Å². The van der Waals surface area contributed by atoms with Crippen molar-refractivity contribution in [2.75, 3.05) is 20.2 Å². The minimum absolute atomic E-state index is 0.212. The third kappa shape index (κ3) is 2.46. The molecule has 100 valence electrons. The van der Waals surface area contributed by atoms with Crippen molar-refractivity contribution < 1.29 is 5.11 Å². The molecule has 0 spiro atoms. The lowest BCUT2D eigenvalue weighted by atomic mass is 9.80. The fourth-order valence-corrected chi connectivity index (χ4v) is 3.98. The highest BCUT2D eigenvalue weighted by Gasteiger charge is 2.30. The summed E-state index contributed by atoms with van der Waals surface area (Å²) in [5, 5.41) is 11.9. The molecule has 0 aliphatic carbocycles. The Morgan fingerprint density at radius 3 is 2.89 bits per heavy atom. The minimum Gasteiger partial charge on any atom is -0.396 e. The van der Waals surface area contributed by atoms with Gasteiger partial charge >= 0.3 is 0 Å². The number of rotatable bonds is 3. The van der Waals surface area contributed by atoms with Gasteiger partial charge in [-0.15, -0.1) is 11.3 Å². The monoisotopic (exact) mass is 273 g/mol. The van der Waals surface area contributed by atoms with E-state index in [4.69, 9.17) is 0 Å². The van der Waals surface area contributed by atoms with E-state index < -0.39 is 0 Å².